The number of rotatable bonds is 25. The van der Waals surface area contributed by atoms with E-state index in [-0.39, 0.29) is 48.8 Å². The number of amides is 1. The third-order valence-electron chi connectivity index (χ3n) is 16.4. The molecule has 1 amide bonds. The fourth-order valence-electron chi connectivity index (χ4n) is 10.5. The van der Waals surface area contributed by atoms with Gasteiger partial charge in [-0.2, -0.15) is 0 Å². The van der Waals surface area contributed by atoms with Gasteiger partial charge in [0.05, 0.1) is 30.3 Å². The van der Waals surface area contributed by atoms with Crippen LogP contribution in [-0.2, 0) is 37.0 Å². The van der Waals surface area contributed by atoms with E-state index in [1.54, 1.807) is 12.0 Å². The Morgan fingerprint density at radius 1 is 0.924 bits per heavy atom. The van der Waals surface area contributed by atoms with Gasteiger partial charge in [-0.15, -0.1) is 0 Å². The quantitative estimate of drug-likeness (QED) is 0.0311. The van der Waals surface area contributed by atoms with Crippen molar-refractivity contribution in [2.45, 2.75) is 238 Å². The largest absolute Gasteiger partial charge is 0.457 e. The van der Waals surface area contributed by atoms with Crippen molar-refractivity contribution in [2.75, 3.05) is 33.3 Å². The van der Waals surface area contributed by atoms with E-state index in [9.17, 15) is 9.59 Å². The highest BCUT2D eigenvalue weighted by Crippen LogP contribution is 2.43. The fraction of sp³-hybridized carbons (Fsp3) is 0.846. The molecule has 2 saturated heterocycles. The molecule has 3 heterocycles. The van der Waals surface area contributed by atoms with E-state index < -0.39 is 48.4 Å². The average Bonchev–Trinajstić information content (AvgIpc) is 4.10. The number of nitrogens with zero attached hydrogens (tertiary/aromatic N) is 1. The first-order valence-corrected chi connectivity index (χ1v) is 34.1. The zero-order valence-electron chi connectivity index (χ0n) is 44.9. The Bertz CT molecular complexity index is 1540. The monoisotopic (exact) mass is 979 g/mol. The summed E-state index contributed by atoms with van der Waals surface area (Å²) in [6.45, 7) is 35.9. The topological polar surface area (TPSA) is 117 Å². The van der Waals surface area contributed by atoms with Gasteiger partial charge in [0, 0.05) is 57.6 Å². The number of allylic oxidation sites excluding steroid dienone is 2. The minimum absolute atomic E-state index is 0.0875. The Morgan fingerprint density at radius 2 is 1.50 bits per heavy atom. The molecule has 3 aliphatic heterocycles. The number of carbonyl (C=O) groups is 2. The van der Waals surface area contributed by atoms with Crippen LogP contribution < -0.4 is 5.32 Å². The van der Waals surface area contributed by atoms with E-state index in [2.05, 4.69) is 114 Å². The lowest BCUT2D eigenvalue weighted by Crippen LogP contribution is -2.50. The Morgan fingerprint density at radius 3 is 2.03 bits per heavy atom. The van der Waals surface area contributed by atoms with Crippen LogP contribution in [0.4, 0.5) is 4.79 Å². The number of nitrogens with one attached hydrogen (secondary N) is 1. The van der Waals surface area contributed by atoms with Gasteiger partial charge in [0.25, 0.3) is 0 Å². The van der Waals surface area contributed by atoms with E-state index in [4.69, 9.17) is 32.2 Å². The van der Waals surface area contributed by atoms with Crippen LogP contribution in [0.3, 0.4) is 0 Å². The first-order chi connectivity index (χ1) is 31.3. The molecule has 0 aromatic rings. The predicted molar refractivity (Wildman–Crippen MR) is 279 cm³/mol. The number of carbonyl (C=O) groups excluding carboxylic acids is 2. The number of hydrogen-bond donors (Lipinski definition) is 1. The van der Waals surface area contributed by atoms with Crippen molar-refractivity contribution >= 4 is 37.0 Å². The maximum absolute atomic E-state index is 14.1. The van der Waals surface area contributed by atoms with Crippen molar-refractivity contribution in [3.8, 4) is 0 Å². The zero-order chi connectivity index (χ0) is 49.3. The maximum atomic E-state index is 14.1. The molecule has 0 bridgehead atoms. The lowest BCUT2D eigenvalue weighted by atomic mass is 9.88. The average molecular weight is 980 g/mol. The number of piperazine rings is 1. The standard InChI is InChI=1S/C52H98N2O9Si3/c1-17-44(62-65(21-5,22-6)23-7)42(13)49-45(58-49)39-51(14,63-66(24-8,25-9)26-10)32-27-28-40(11)48-41(12)29-30-46(59-50(56)54-36-34-53-35-37-54)52(15,57-16)33-31-43(38-47(55)60-48)61-64(18-2,19-3)20-4/h27-30,32,41-46,48-49,53H,17-26,31,33-39H2,1-16H3/b30-29+,32-27+,40-28+/t41-,42+,43+,44-,45-,46+,48+,49-,51-,52+/m0/s1. The molecule has 66 heavy (non-hydrogen) atoms. The van der Waals surface area contributed by atoms with Gasteiger partial charge in [0.1, 0.15) is 11.7 Å². The predicted octanol–water partition coefficient (Wildman–Crippen LogP) is 12.4. The van der Waals surface area contributed by atoms with Crippen molar-refractivity contribution in [1.29, 1.82) is 0 Å². The highest BCUT2D eigenvalue weighted by Gasteiger charge is 2.51. The first kappa shape index (κ1) is 58.7. The molecule has 0 saturated carbocycles. The summed E-state index contributed by atoms with van der Waals surface area (Å²) in [5.41, 5.74) is -0.504. The smallest absolute Gasteiger partial charge is 0.410 e. The summed E-state index contributed by atoms with van der Waals surface area (Å²) < 4.78 is 47.1. The molecule has 14 heteroatoms. The fourth-order valence-corrected chi connectivity index (χ4v) is 19.5. The van der Waals surface area contributed by atoms with Gasteiger partial charge in [0.15, 0.2) is 31.1 Å². The Balaban J connectivity index is 2.02. The van der Waals surface area contributed by atoms with E-state index in [0.29, 0.717) is 31.8 Å². The van der Waals surface area contributed by atoms with Crippen LogP contribution in [0, 0.1) is 11.8 Å². The van der Waals surface area contributed by atoms with Crippen molar-refractivity contribution in [3.05, 3.63) is 36.0 Å². The molecule has 0 aromatic carbocycles. The van der Waals surface area contributed by atoms with Crippen LogP contribution in [0.2, 0.25) is 54.4 Å². The highest BCUT2D eigenvalue weighted by molar-refractivity contribution is 6.74. The van der Waals surface area contributed by atoms with Crippen molar-refractivity contribution in [3.63, 3.8) is 0 Å². The SMILES string of the molecule is CC[C@H](O[Si](CC)(CC)CC)[C@@H](C)[C@@H]1O[C@H]1C[C@](C)(/C=C/C=C(\C)[C@H]1OC(=O)C[C@H](O[Si](CC)(CC)CC)CC[C@@](C)(OC)[C@H](OC(=O)N2CCNCC2)/C=C/[C@@H]1C)O[Si](CC)(CC)CC. The Kier molecular flexibility index (Phi) is 24.1. The molecule has 2 fully saturated rings. The summed E-state index contributed by atoms with van der Waals surface area (Å²) in [5.74, 6) is -0.225. The van der Waals surface area contributed by atoms with Crippen LogP contribution in [0.15, 0.2) is 36.0 Å². The van der Waals surface area contributed by atoms with Gasteiger partial charge in [-0.1, -0.05) is 107 Å². The van der Waals surface area contributed by atoms with Crippen molar-refractivity contribution in [1.82, 2.24) is 10.2 Å². The summed E-state index contributed by atoms with van der Waals surface area (Å²) in [6, 6.07) is 9.47. The molecule has 1 N–H and O–H groups in total. The number of esters is 1. The van der Waals surface area contributed by atoms with E-state index in [1.165, 1.54) is 0 Å². The number of cyclic esters (lactones) is 1. The molecule has 0 radical (unpaired) electrons. The van der Waals surface area contributed by atoms with E-state index in [1.807, 2.05) is 26.0 Å². The lowest BCUT2D eigenvalue weighted by Gasteiger charge is -2.39. The normalized spacial score (nSPS) is 28.8. The van der Waals surface area contributed by atoms with Crippen molar-refractivity contribution in [2.24, 2.45) is 11.8 Å². The summed E-state index contributed by atoms with van der Waals surface area (Å²) >= 11 is 0. The molecular formula is C52H98N2O9Si3. The number of hydrogen-bond acceptors (Lipinski definition) is 10. The molecule has 10 atom stereocenters. The second-order valence-electron chi connectivity index (χ2n) is 20.4. The summed E-state index contributed by atoms with van der Waals surface area (Å²) in [4.78, 5) is 29.6. The van der Waals surface area contributed by atoms with Crippen LogP contribution in [0.5, 0.6) is 0 Å². The second kappa shape index (κ2) is 27.1. The molecule has 11 nitrogen and oxygen atoms in total. The van der Waals surface area contributed by atoms with E-state index in [0.717, 1.165) is 85.9 Å². The summed E-state index contributed by atoms with van der Waals surface area (Å²) in [5, 5.41) is 3.32. The van der Waals surface area contributed by atoms with Gasteiger partial charge < -0.3 is 42.4 Å². The zero-order valence-corrected chi connectivity index (χ0v) is 47.9. The summed E-state index contributed by atoms with van der Waals surface area (Å²) in [6.07, 6.45) is 11.8. The van der Waals surface area contributed by atoms with Crippen LogP contribution in [0.25, 0.3) is 0 Å². The van der Waals surface area contributed by atoms with Gasteiger partial charge in [0.2, 0.25) is 0 Å². The lowest BCUT2D eigenvalue weighted by molar-refractivity contribution is -0.151. The van der Waals surface area contributed by atoms with Crippen molar-refractivity contribution < 1.29 is 41.8 Å². The van der Waals surface area contributed by atoms with Gasteiger partial charge >= 0.3 is 12.1 Å². The van der Waals surface area contributed by atoms with Gasteiger partial charge in [-0.25, -0.2) is 4.79 Å². The third kappa shape index (κ3) is 15.9. The summed E-state index contributed by atoms with van der Waals surface area (Å²) in [7, 11) is -4.24. The minimum Gasteiger partial charge on any atom is -0.457 e. The second-order valence-corrected chi connectivity index (χ2v) is 34.5. The number of epoxide rings is 1. The third-order valence-corrected chi connectivity index (χ3v) is 30.5. The molecular weight excluding hydrogens is 881 g/mol. The molecule has 3 aliphatic rings. The van der Waals surface area contributed by atoms with Crippen LogP contribution >= 0.6 is 0 Å². The molecule has 382 valence electrons. The number of ether oxygens (including phenoxy) is 4. The Hall–Kier alpha value is -1.63. The van der Waals surface area contributed by atoms with Crippen LogP contribution in [-0.4, -0.2) is 123 Å². The minimum atomic E-state index is -2.11. The molecule has 3 rings (SSSR count). The first-order valence-electron chi connectivity index (χ1n) is 26.5. The van der Waals surface area contributed by atoms with Crippen LogP contribution in [0.1, 0.15) is 136 Å². The maximum Gasteiger partial charge on any atom is 0.410 e. The number of methoxy groups -OCH3 is 1. The van der Waals surface area contributed by atoms with Gasteiger partial charge in [-0.3, -0.25) is 4.79 Å². The molecule has 0 unspecified atom stereocenters. The molecule has 0 spiro atoms. The molecule has 0 aliphatic carbocycles. The highest BCUT2D eigenvalue weighted by atomic mass is 28.4. The van der Waals surface area contributed by atoms with Gasteiger partial charge in [-0.05, 0) is 106 Å². The Labute approximate surface area is 406 Å². The molecule has 0 aromatic heterocycles. The van der Waals surface area contributed by atoms with E-state index >= 15 is 0 Å².